The Morgan fingerprint density at radius 3 is 2.47 bits per heavy atom. The van der Waals surface area contributed by atoms with Gasteiger partial charge in [0.1, 0.15) is 15.8 Å². The smallest absolute Gasteiger partial charge is 0.295 e. The monoisotopic (exact) mass is 496 g/mol. The zero-order chi connectivity index (χ0) is 24.4. The highest BCUT2D eigenvalue weighted by atomic mass is 32.2. The van der Waals surface area contributed by atoms with Crippen molar-refractivity contribution in [3.8, 4) is 5.69 Å². The molecule has 1 aromatic heterocycles. The number of rotatable bonds is 6. The second kappa shape index (κ2) is 9.78. The second-order valence-electron chi connectivity index (χ2n) is 7.62. The number of benzene rings is 2. The quantitative estimate of drug-likeness (QED) is 0.414. The Labute approximate surface area is 204 Å². The molecule has 0 radical (unpaired) electrons. The molecule has 3 aromatic rings. The van der Waals surface area contributed by atoms with Crippen LogP contribution in [-0.4, -0.2) is 36.9 Å². The van der Waals surface area contributed by atoms with Gasteiger partial charge in [-0.15, -0.1) is 0 Å². The lowest BCUT2D eigenvalue weighted by Crippen LogP contribution is -2.32. The van der Waals surface area contributed by atoms with E-state index in [-0.39, 0.29) is 35.9 Å². The van der Waals surface area contributed by atoms with E-state index in [1.807, 2.05) is 18.2 Å². The van der Waals surface area contributed by atoms with Crippen LogP contribution in [0.15, 0.2) is 64.3 Å². The van der Waals surface area contributed by atoms with Crippen molar-refractivity contribution in [1.82, 2.24) is 14.3 Å². The molecule has 1 aliphatic heterocycles. The van der Waals surface area contributed by atoms with E-state index < -0.39 is 5.91 Å². The van der Waals surface area contributed by atoms with Gasteiger partial charge in [0.2, 0.25) is 5.91 Å². The van der Waals surface area contributed by atoms with Gasteiger partial charge in [-0.3, -0.25) is 24.0 Å². The van der Waals surface area contributed by atoms with Crippen LogP contribution in [0.1, 0.15) is 17.7 Å². The molecule has 10 heteroatoms. The summed E-state index contributed by atoms with van der Waals surface area (Å²) in [5, 5.41) is 2.69. The summed E-state index contributed by atoms with van der Waals surface area (Å²) < 4.78 is 16.6. The fourth-order valence-corrected chi connectivity index (χ4v) is 4.84. The summed E-state index contributed by atoms with van der Waals surface area (Å²) in [6.45, 7) is 1.83. The van der Waals surface area contributed by atoms with E-state index in [4.69, 9.17) is 12.2 Å². The highest BCUT2D eigenvalue weighted by Crippen LogP contribution is 2.32. The number of amides is 2. The first kappa shape index (κ1) is 23.7. The summed E-state index contributed by atoms with van der Waals surface area (Å²) in [7, 11) is 1.74. The van der Waals surface area contributed by atoms with E-state index in [0.29, 0.717) is 26.2 Å². The van der Waals surface area contributed by atoms with Gasteiger partial charge in [-0.2, -0.15) is 0 Å². The van der Waals surface area contributed by atoms with E-state index >= 15 is 0 Å². The molecule has 2 heterocycles. The first-order valence-electron chi connectivity index (χ1n) is 10.4. The van der Waals surface area contributed by atoms with E-state index in [2.05, 4.69) is 5.32 Å². The van der Waals surface area contributed by atoms with Gasteiger partial charge in [0.25, 0.3) is 11.5 Å². The fourth-order valence-electron chi connectivity index (χ4n) is 3.53. The van der Waals surface area contributed by atoms with Crippen LogP contribution in [-0.2, 0) is 16.6 Å². The molecule has 4 rings (SSSR count). The van der Waals surface area contributed by atoms with E-state index in [1.54, 1.807) is 49.0 Å². The molecule has 1 N–H and O–H groups in total. The third kappa shape index (κ3) is 4.73. The third-order valence-electron chi connectivity index (χ3n) is 5.42. The van der Waals surface area contributed by atoms with Crippen LogP contribution in [0.5, 0.6) is 0 Å². The van der Waals surface area contributed by atoms with Crippen LogP contribution in [0.4, 0.5) is 10.1 Å². The highest BCUT2D eigenvalue weighted by molar-refractivity contribution is 8.26. The van der Waals surface area contributed by atoms with Crippen LogP contribution in [0.2, 0.25) is 0 Å². The van der Waals surface area contributed by atoms with Gasteiger partial charge >= 0.3 is 0 Å². The molecule has 2 amide bonds. The standard InChI is InChI=1S/C24H21FN4O3S2/c1-15-21(23(32)29(27(15)2)18-6-4-3-5-7-18)26-20(30)12-13-28-22(31)19(34-24(28)33)14-16-8-10-17(25)11-9-16/h3-11,14H,12-13H2,1-2H3,(H,26,30)/b19-14+. The van der Waals surface area contributed by atoms with Crippen LogP contribution < -0.4 is 10.9 Å². The predicted molar refractivity (Wildman–Crippen MR) is 135 cm³/mol. The molecule has 7 nitrogen and oxygen atoms in total. The maximum atomic E-state index is 13.1. The Balaban J connectivity index is 1.44. The molecule has 1 fully saturated rings. The normalized spacial score (nSPS) is 14.8. The highest BCUT2D eigenvalue weighted by Gasteiger charge is 2.32. The van der Waals surface area contributed by atoms with E-state index in [1.165, 1.54) is 21.7 Å². The lowest BCUT2D eigenvalue weighted by atomic mass is 10.2. The number of carbonyl (C=O) groups excluding carboxylic acids is 2. The molecule has 0 spiro atoms. The minimum absolute atomic E-state index is 0.0324. The molecular formula is C24H21FN4O3S2. The lowest BCUT2D eigenvalue weighted by molar-refractivity contribution is -0.122. The van der Waals surface area contributed by atoms with Crippen molar-refractivity contribution in [2.75, 3.05) is 11.9 Å². The molecule has 2 aromatic carbocycles. The van der Waals surface area contributed by atoms with Gasteiger partial charge in [-0.05, 0) is 42.8 Å². The predicted octanol–water partition coefficient (Wildman–Crippen LogP) is 3.85. The zero-order valence-corrected chi connectivity index (χ0v) is 20.1. The van der Waals surface area contributed by atoms with Gasteiger partial charge in [-0.25, -0.2) is 9.07 Å². The van der Waals surface area contributed by atoms with Gasteiger partial charge in [0, 0.05) is 20.0 Å². The number of thiocarbonyl (C=S) groups is 1. The lowest BCUT2D eigenvalue weighted by Gasteiger charge is -2.13. The summed E-state index contributed by atoms with van der Waals surface area (Å²) in [6.07, 6.45) is 1.60. The van der Waals surface area contributed by atoms with Crippen LogP contribution in [0.3, 0.4) is 0 Å². The second-order valence-corrected chi connectivity index (χ2v) is 9.30. The largest absolute Gasteiger partial charge is 0.320 e. The number of nitrogens with zero attached hydrogens (tertiary/aromatic N) is 3. The van der Waals surface area contributed by atoms with Crippen LogP contribution in [0.25, 0.3) is 11.8 Å². The number of nitrogens with one attached hydrogen (secondary N) is 1. The minimum atomic E-state index is -0.400. The molecule has 0 saturated carbocycles. The third-order valence-corrected chi connectivity index (χ3v) is 6.80. The Morgan fingerprint density at radius 1 is 1.12 bits per heavy atom. The summed E-state index contributed by atoms with van der Waals surface area (Å²) in [5.41, 5.74) is 1.82. The molecule has 0 aliphatic carbocycles. The maximum Gasteiger partial charge on any atom is 0.295 e. The van der Waals surface area contributed by atoms with Crippen molar-refractivity contribution < 1.29 is 14.0 Å². The van der Waals surface area contributed by atoms with Gasteiger partial charge in [-0.1, -0.05) is 54.3 Å². The maximum absolute atomic E-state index is 13.1. The molecule has 1 aliphatic rings. The molecule has 174 valence electrons. The summed E-state index contributed by atoms with van der Waals surface area (Å²) >= 11 is 6.44. The van der Waals surface area contributed by atoms with Crippen molar-refractivity contribution in [1.29, 1.82) is 0 Å². The van der Waals surface area contributed by atoms with Crippen LogP contribution in [0, 0.1) is 12.7 Å². The molecule has 34 heavy (non-hydrogen) atoms. The average molecular weight is 497 g/mol. The molecule has 0 bridgehead atoms. The Morgan fingerprint density at radius 2 is 1.79 bits per heavy atom. The fraction of sp³-hybridized carbons (Fsp3) is 0.167. The Kier molecular flexibility index (Phi) is 6.80. The van der Waals surface area contributed by atoms with Gasteiger partial charge < -0.3 is 5.32 Å². The Hall–Kier alpha value is -3.50. The molecule has 0 atom stereocenters. The van der Waals surface area contributed by atoms with E-state index in [9.17, 15) is 18.8 Å². The number of hydrogen-bond donors (Lipinski definition) is 1. The van der Waals surface area contributed by atoms with Crippen molar-refractivity contribution in [3.63, 3.8) is 0 Å². The number of hydrogen-bond acceptors (Lipinski definition) is 5. The SMILES string of the molecule is Cc1c(NC(=O)CCN2C(=O)/C(=C\c3ccc(F)cc3)SC2=S)c(=O)n(-c2ccccc2)n1C. The first-order chi connectivity index (χ1) is 16.3. The Bertz CT molecular complexity index is 1360. The van der Waals surface area contributed by atoms with Crippen LogP contribution >= 0.6 is 24.0 Å². The number of para-hydroxylation sites is 1. The zero-order valence-electron chi connectivity index (χ0n) is 18.4. The number of thioether (sulfide) groups is 1. The number of carbonyl (C=O) groups is 2. The summed E-state index contributed by atoms with van der Waals surface area (Å²) in [4.78, 5) is 40.1. The molecular weight excluding hydrogens is 475 g/mol. The van der Waals surface area contributed by atoms with Crippen molar-refractivity contribution in [3.05, 3.63) is 86.9 Å². The minimum Gasteiger partial charge on any atom is -0.320 e. The molecule has 0 unspecified atom stereocenters. The summed E-state index contributed by atoms with van der Waals surface area (Å²) in [6, 6.07) is 14.9. The number of aromatic nitrogens is 2. The van der Waals surface area contributed by atoms with Crippen molar-refractivity contribution in [2.24, 2.45) is 7.05 Å². The summed E-state index contributed by atoms with van der Waals surface area (Å²) in [5.74, 6) is -1.07. The van der Waals surface area contributed by atoms with E-state index in [0.717, 1.165) is 11.8 Å². The number of anilines is 1. The topological polar surface area (TPSA) is 76.3 Å². The van der Waals surface area contributed by atoms with Gasteiger partial charge in [0.15, 0.2) is 0 Å². The molecule has 1 saturated heterocycles. The number of halogens is 1. The first-order valence-corrected chi connectivity index (χ1v) is 11.6. The van der Waals surface area contributed by atoms with Gasteiger partial charge in [0.05, 0.1) is 16.3 Å². The van der Waals surface area contributed by atoms with Crippen molar-refractivity contribution >= 4 is 51.9 Å². The average Bonchev–Trinajstić information content (AvgIpc) is 3.20. The van der Waals surface area contributed by atoms with Crippen molar-refractivity contribution in [2.45, 2.75) is 13.3 Å².